The molecular weight excluding hydrogens is 299 g/mol. The molecule has 1 aromatic carbocycles. The van der Waals surface area contributed by atoms with Gasteiger partial charge in [-0.05, 0) is 50.3 Å². The van der Waals surface area contributed by atoms with Crippen LogP contribution in [0.5, 0.6) is 5.75 Å². The van der Waals surface area contributed by atoms with Crippen LogP contribution in [0.15, 0.2) is 18.2 Å². The minimum atomic E-state index is -0.571. The van der Waals surface area contributed by atoms with Crippen LogP contribution in [0, 0.1) is 11.7 Å². The Morgan fingerprint density at radius 1 is 1.09 bits per heavy atom. The first-order valence-electron chi connectivity index (χ1n) is 8.12. The summed E-state index contributed by atoms with van der Waals surface area (Å²) >= 11 is 0. The van der Waals surface area contributed by atoms with Crippen LogP contribution in [-0.4, -0.2) is 29.0 Å². The molecule has 0 spiro atoms. The fraction of sp³-hybridized carbons (Fsp3) is 0.529. The zero-order chi connectivity index (χ0) is 16.4. The largest absolute Gasteiger partial charge is 0.507 e. The van der Waals surface area contributed by atoms with Crippen LogP contribution in [0.25, 0.3) is 0 Å². The number of halogens is 1. The van der Waals surface area contributed by atoms with Gasteiger partial charge in [-0.15, -0.1) is 0 Å². The third-order valence-corrected chi connectivity index (χ3v) is 4.51. The molecule has 5 nitrogen and oxygen atoms in total. The van der Waals surface area contributed by atoms with E-state index in [1.54, 1.807) is 0 Å². The number of rotatable bonds is 4. The van der Waals surface area contributed by atoms with Crippen molar-refractivity contribution < 1.29 is 19.1 Å². The van der Waals surface area contributed by atoms with Crippen LogP contribution in [0.3, 0.4) is 0 Å². The van der Waals surface area contributed by atoms with E-state index in [0.717, 1.165) is 50.3 Å². The summed E-state index contributed by atoms with van der Waals surface area (Å²) in [5.41, 5.74) is -0.0745. The van der Waals surface area contributed by atoms with Gasteiger partial charge < -0.3 is 15.7 Å². The van der Waals surface area contributed by atoms with Crippen molar-refractivity contribution in [2.45, 2.75) is 50.6 Å². The molecule has 124 valence electrons. The molecule has 2 unspecified atom stereocenters. The van der Waals surface area contributed by atoms with Crippen LogP contribution in [0.1, 0.15) is 48.9 Å². The van der Waals surface area contributed by atoms with Crippen LogP contribution in [0.4, 0.5) is 4.39 Å². The highest BCUT2D eigenvalue weighted by Crippen LogP contribution is 2.27. The van der Waals surface area contributed by atoms with Gasteiger partial charge in [0, 0.05) is 18.0 Å². The Bertz CT molecular complexity index is 616. The van der Waals surface area contributed by atoms with Gasteiger partial charge in [-0.1, -0.05) is 6.42 Å². The molecule has 0 saturated heterocycles. The molecule has 0 bridgehead atoms. The van der Waals surface area contributed by atoms with Gasteiger partial charge in [-0.2, -0.15) is 0 Å². The fourth-order valence-corrected chi connectivity index (χ4v) is 3.06. The Hall–Kier alpha value is -2.11. The van der Waals surface area contributed by atoms with Gasteiger partial charge in [-0.25, -0.2) is 4.39 Å². The maximum atomic E-state index is 13.2. The van der Waals surface area contributed by atoms with E-state index in [1.165, 1.54) is 0 Å². The van der Waals surface area contributed by atoms with Crippen LogP contribution in [-0.2, 0) is 4.79 Å². The Balaban J connectivity index is 1.59. The lowest BCUT2D eigenvalue weighted by molar-refractivity contribution is -0.126. The lowest BCUT2D eigenvalue weighted by Gasteiger charge is -2.29. The van der Waals surface area contributed by atoms with Crippen molar-refractivity contribution in [2.75, 3.05) is 0 Å². The summed E-state index contributed by atoms with van der Waals surface area (Å²) in [4.78, 5) is 24.3. The molecule has 1 aromatic rings. The second-order valence-electron chi connectivity index (χ2n) is 6.48. The zero-order valence-corrected chi connectivity index (χ0v) is 12.8. The molecule has 3 N–H and O–H groups in total. The molecular formula is C17H21FN2O3. The number of hydrogen-bond donors (Lipinski definition) is 3. The summed E-state index contributed by atoms with van der Waals surface area (Å²) in [6.45, 7) is 0. The average Bonchev–Trinajstić information content (AvgIpc) is 3.34. The van der Waals surface area contributed by atoms with E-state index in [1.807, 2.05) is 0 Å². The van der Waals surface area contributed by atoms with E-state index in [2.05, 4.69) is 10.6 Å². The molecule has 2 saturated carbocycles. The van der Waals surface area contributed by atoms with E-state index < -0.39 is 11.7 Å². The summed E-state index contributed by atoms with van der Waals surface area (Å²) in [5, 5.41) is 15.5. The maximum absolute atomic E-state index is 13.2. The molecule has 2 fully saturated rings. The number of amides is 2. The molecule has 0 heterocycles. The highest BCUT2D eigenvalue weighted by atomic mass is 19.1. The van der Waals surface area contributed by atoms with Gasteiger partial charge in [0.1, 0.15) is 11.6 Å². The molecule has 3 rings (SSSR count). The Morgan fingerprint density at radius 3 is 2.61 bits per heavy atom. The molecule has 23 heavy (non-hydrogen) atoms. The number of carbonyl (C=O) groups is 2. The first kappa shape index (κ1) is 15.8. The Labute approximate surface area is 134 Å². The van der Waals surface area contributed by atoms with E-state index in [-0.39, 0.29) is 29.2 Å². The molecule has 6 heteroatoms. The molecule has 2 aliphatic rings. The number of carbonyl (C=O) groups excluding carboxylic acids is 2. The van der Waals surface area contributed by atoms with Gasteiger partial charge in [0.15, 0.2) is 0 Å². The summed E-state index contributed by atoms with van der Waals surface area (Å²) in [6.07, 6.45) is 5.17. The topological polar surface area (TPSA) is 78.4 Å². The fourth-order valence-electron chi connectivity index (χ4n) is 3.06. The third kappa shape index (κ3) is 4.00. The first-order chi connectivity index (χ1) is 11.0. The molecule has 2 amide bonds. The summed E-state index contributed by atoms with van der Waals surface area (Å²) in [7, 11) is 0. The van der Waals surface area contributed by atoms with Crippen molar-refractivity contribution in [2.24, 2.45) is 5.92 Å². The number of nitrogens with one attached hydrogen (secondary N) is 2. The zero-order valence-electron chi connectivity index (χ0n) is 12.8. The monoisotopic (exact) mass is 320 g/mol. The van der Waals surface area contributed by atoms with Gasteiger partial charge in [0.2, 0.25) is 5.91 Å². The number of aromatic hydroxyl groups is 1. The van der Waals surface area contributed by atoms with Crippen molar-refractivity contribution >= 4 is 11.8 Å². The van der Waals surface area contributed by atoms with E-state index in [4.69, 9.17) is 0 Å². The quantitative estimate of drug-likeness (QED) is 0.795. The van der Waals surface area contributed by atoms with Gasteiger partial charge in [0.25, 0.3) is 5.91 Å². The van der Waals surface area contributed by atoms with E-state index in [9.17, 15) is 19.1 Å². The van der Waals surface area contributed by atoms with Crippen molar-refractivity contribution in [3.8, 4) is 5.75 Å². The Kier molecular flexibility index (Phi) is 4.50. The standard InChI is InChI=1S/C17H21FN2O3/c18-11-4-7-15(21)14(9-11)17(23)20-13-3-1-2-10(8-13)16(22)19-12-5-6-12/h4,7,9-10,12-13,21H,1-3,5-6,8H2,(H,19,22)(H,20,23). The van der Waals surface area contributed by atoms with Crippen molar-refractivity contribution in [3.63, 3.8) is 0 Å². The van der Waals surface area contributed by atoms with Crippen molar-refractivity contribution in [1.29, 1.82) is 0 Å². The van der Waals surface area contributed by atoms with Crippen LogP contribution >= 0.6 is 0 Å². The minimum absolute atomic E-state index is 0.0695. The highest BCUT2D eigenvalue weighted by Gasteiger charge is 2.32. The first-order valence-corrected chi connectivity index (χ1v) is 8.12. The average molecular weight is 320 g/mol. The SMILES string of the molecule is O=C(NC1CCCC(C(=O)NC2CC2)C1)c1cc(F)ccc1O. The highest BCUT2D eigenvalue weighted by molar-refractivity contribution is 5.97. The third-order valence-electron chi connectivity index (χ3n) is 4.51. The lowest BCUT2D eigenvalue weighted by Crippen LogP contribution is -2.42. The number of phenols is 1. The predicted molar refractivity (Wildman–Crippen MR) is 82.4 cm³/mol. The maximum Gasteiger partial charge on any atom is 0.255 e. The number of benzene rings is 1. The van der Waals surface area contributed by atoms with Crippen molar-refractivity contribution in [1.82, 2.24) is 10.6 Å². The molecule has 0 aromatic heterocycles. The predicted octanol–water partition coefficient (Wildman–Crippen LogP) is 2.10. The smallest absolute Gasteiger partial charge is 0.255 e. The summed E-state index contributed by atoms with van der Waals surface area (Å²) < 4.78 is 13.2. The summed E-state index contributed by atoms with van der Waals surface area (Å²) in [6, 6.07) is 3.49. The number of hydrogen-bond acceptors (Lipinski definition) is 3. The van der Waals surface area contributed by atoms with Gasteiger partial charge in [0.05, 0.1) is 5.56 Å². The second-order valence-corrected chi connectivity index (χ2v) is 6.48. The molecule has 0 aliphatic heterocycles. The van der Waals surface area contributed by atoms with Crippen LogP contribution in [0.2, 0.25) is 0 Å². The van der Waals surface area contributed by atoms with E-state index in [0.29, 0.717) is 12.5 Å². The lowest BCUT2D eigenvalue weighted by atomic mass is 9.85. The molecule has 2 aliphatic carbocycles. The van der Waals surface area contributed by atoms with Gasteiger partial charge >= 0.3 is 0 Å². The second kappa shape index (κ2) is 6.56. The van der Waals surface area contributed by atoms with Crippen LogP contribution < -0.4 is 10.6 Å². The van der Waals surface area contributed by atoms with Crippen molar-refractivity contribution in [3.05, 3.63) is 29.6 Å². The molecule has 0 radical (unpaired) electrons. The van der Waals surface area contributed by atoms with Gasteiger partial charge in [-0.3, -0.25) is 9.59 Å². The Morgan fingerprint density at radius 2 is 1.87 bits per heavy atom. The van der Waals surface area contributed by atoms with E-state index >= 15 is 0 Å². The normalized spacial score (nSPS) is 24.0. The minimum Gasteiger partial charge on any atom is -0.507 e. The molecule has 2 atom stereocenters. The summed E-state index contributed by atoms with van der Waals surface area (Å²) in [5.74, 6) is -1.34. The number of phenolic OH excluding ortho intramolecular Hbond substituents is 1.